The number of nitrogens with zero attached hydrogens (tertiary/aromatic N) is 7. The zero-order valence-electron chi connectivity index (χ0n) is 30.9. The predicted molar refractivity (Wildman–Crippen MR) is 203 cm³/mol. The van der Waals surface area contributed by atoms with Gasteiger partial charge in [-0.2, -0.15) is 12.9 Å². The van der Waals surface area contributed by atoms with E-state index in [1.807, 2.05) is 97.3 Å². The van der Waals surface area contributed by atoms with Gasteiger partial charge in [0, 0.05) is 102 Å². The van der Waals surface area contributed by atoms with E-state index in [9.17, 15) is 25.3 Å². The second kappa shape index (κ2) is 19.1. The monoisotopic (exact) mass is 757 g/mol. The van der Waals surface area contributed by atoms with Crippen LogP contribution in [0.15, 0.2) is 54.9 Å². The molecule has 4 heterocycles. The predicted octanol–water partition coefficient (Wildman–Crippen LogP) is 2.46. The fourth-order valence-corrected chi connectivity index (χ4v) is 11.3. The molecule has 0 spiro atoms. The Morgan fingerprint density at radius 2 is 1.08 bits per heavy atom. The van der Waals surface area contributed by atoms with Crippen molar-refractivity contribution in [3.05, 3.63) is 60.4 Å². The molecule has 1 aromatic heterocycles. The molecule has 3 aliphatic rings. The molecule has 0 unspecified atom stereocenters. The topological polar surface area (TPSA) is 135 Å². The zero-order valence-corrected chi connectivity index (χ0v) is 33.4. The molecular formula is C34H59N7O6S3. The highest BCUT2D eigenvalue weighted by Gasteiger charge is 2.31. The fourth-order valence-electron chi connectivity index (χ4n) is 6.12. The Balaban J connectivity index is 0.000000207. The van der Waals surface area contributed by atoms with Crippen LogP contribution in [-0.4, -0.2) is 154 Å². The average molecular weight is 758 g/mol. The highest BCUT2D eigenvalue weighted by atomic mass is 32.2. The fraction of sp³-hybridized carbons (Fsp3) is 0.676. The van der Waals surface area contributed by atoms with E-state index in [2.05, 4.69) is 19.7 Å². The zero-order chi connectivity index (χ0) is 37.1. The van der Waals surface area contributed by atoms with Crippen molar-refractivity contribution in [2.24, 2.45) is 0 Å². The van der Waals surface area contributed by atoms with Crippen LogP contribution in [0.4, 0.5) is 5.69 Å². The summed E-state index contributed by atoms with van der Waals surface area (Å²) in [5.41, 5.74) is 2.22. The first-order valence-corrected chi connectivity index (χ1v) is 22.3. The molecule has 50 heavy (non-hydrogen) atoms. The number of benzene rings is 1. The highest BCUT2D eigenvalue weighted by Crippen LogP contribution is 2.19. The van der Waals surface area contributed by atoms with Gasteiger partial charge in [-0.25, -0.2) is 25.3 Å². The normalized spacial score (nSPS) is 22.5. The van der Waals surface area contributed by atoms with E-state index in [1.54, 1.807) is 19.1 Å². The largest absolute Gasteiger partial charge is 0.369 e. The summed E-state index contributed by atoms with van der Waals surface area (Å²) < 4.78 is 76.7. The molecule has 0 N–H and O–H groups in total. The molecule has 13 nitrogen and oxygen atoms in total. The number of pyridine rings is 1. The first-order valence-electron chi connectivity index (χ1n) is 17.5. The van der Waals surface area contributed by atoms with Crippen LogP contribution in [0.2, 0.25) is 0 Å². The van der Waals surface area contributed by atoms with Gasteiger partial charge in [-0.1, -0.05) is 24.3 Å². The number of aromatic nitrogens is 1. The quantitative estimate of drug-likeness (QED) is 0.433. The van der Waals surface area contributed by atoms with Gasteiger partial charge < -0.3 is 9.80 Å². The lowest BCUT2D eigenvalue weighted by Gasteiger charge is -2.24. The first-order chi connectivity index (χ1) is 23.4. The smallest absolute Gasteiger partial charge is 0.216 e. The molecule has 0 bridgehead atoms. The van der Waals surface area contributed by atoms with Crippen molar-refractivity contribution >= 4 is 35.8 Å². The Labute approximate surface area is 302 Å². The van der Waals surface area contributed by atoms with Crippen LogP contribution >= 0.6 is 0 Å². The van der Waals surface area contributed by atoms with E-state index in [0.29, 0.717) is 39.3 Å². The van der Waals surface area contributed by atoms with Gasteiger partial charge in [0.15, 0.2) is 0 Å². The number of anilines is 1. The Morgan fingerprint density at radius 1 is 0.580 bits per heavy atom. The maximum atomic E-state index is 12.1. The molecule has 284 valence electrons. The highest BCUT2D eigenvalue weighted by molar-refractivity contribution is 7.89. The Hall–Kier alpha value is -2.18. The summed E-state index contributed by atoms with van der Waals surface area (Å²) in [5, 5.41) is 0. The van der Waals surface area contributed by atoms with Crippen LogP contribution in [-0.2, 0) is 36.6 Å². The third-order valence-electron chi connectivity index (χ3n) is 8.99. The summed E-state index contributed by atoms with van der Waals surface area (Å²) in [6.45, 7) is 18.2. The standard InChI is InChI=1S/C13H21N3O2S.C13H20N2O2S.C8H18N2O2S/c1-12(2)16-7-6-15(8-9-19(16,17)18)11-13-4-3-5-14-10-13;1-12(2)15-9-8-14(10-11-18(15,16)17)13-6-4-3-5-7-13;1-8(2)10-5-4-9(3)6-7-13(10,11)12/h3-5,10,12H,6-9,11H2,1-2H3;3-7,12H,8-11H2,1-2H3;8H,4-7H2,1-3H3. The van der Waals surface area contributed by atoms with E-state index in [0.717, 1.165) is 37.4 Å². The Morgan fingerprint density at radius 3 is 1.60 bits per heavy atom. The average Bonchev–Trinajstić information content (AvgIpc) is 3.38. The lowest BCUT2D eigenvalue weighted by molar-refractivity contribution is 0.257. The SMILES string of the molecule is CC(C)N1CCN(C)CCS1(=O)=O.CC(C)N1CCN(Cc2cccnc2)CCS1(=O)=O.CC(C)N1CCN(c2ccccc2)CCS1(=O)=O. The molecule has 1 aromatic carbocycles. The van der Waals surface area contributed by atoms with E-state index in [1.165, 1.54) is 0 Å². The van der Waals surface area contributed by atoms with Crippen LogP contribution < -0.4 is 4.90 Å². The maximum absolute atomic E-state index is 12.1. The minimum absolute atomic E-state index is 0.0309. The molecule has 3 aliphatic heterocycles. The summed E-state index contributed by atoms with van der Waals surface area (Å²) in [4.78, 5) is 10.5. The number of hydrogen-bond donors (Lipinski definition) is 0. The second-order valence-corrected chi connectivity index (χ2v) is 19.9. The lowest BCUT2D eigenvalue weighted by atomic mass is 10.2. The van der Waals surface area contributed by atoms with Crippen molar-refractivity contribution in [3.63, 3.8) is 0 Å². The van der Waals surface area contributed by atoms with Gasteiger partial charge in [-0.05, 0) is 72.4 Å². The number of para-hydroxylation sites is 1. The summed E-state index contributed by atoms with van der Waals surface area (Å²) in [6.07, 6.45) is 3.58. The van der Waals surface area contributed by atoms with Crippen LogP contribution in [0.3, 0.4) is 0 Å². The third-order valence-corrected chi connectivity index (χ3v) is 15.0. The van der Waals surface area contributed by atoms with E-state index < -0.39 is 30.1 Å². The number of likely N-dealkylation sites (N-methyl/N-ethyl adjacent to an activating group) is 1. The van der Waals surface area contributed by atoms with Crippen LogP contribution in [0.1, 0.15) is 47.1 Å². The molecule has 16 heteroatoms. The number of sulfonamides is 3. The van der Waals surface area contributed by atoms with Crippen molar-refractivity contribution in [2.75, 3.05) is 88.1 Å². The van der Waals surface area contributed by atoms with E-state index >= 15 is 0 Å². The molecule has 0 aliphatic carbocycles. The number of hydrogen-bond acceptors (Lipinski definition) is 10. The summed E-state index contributed by atoms with van der Waals surface area (Å²) in [5.74, 6) is 0.646. The molecule has 0 saturated carbocycles. The minimum Gasteiger partial charge on any atom is -0.369 e. The molecule has 0 radical (unpaired) electrons. The van der Waals surface area contributed by atoms with E-state index in [-0.39, 0.29) is 35.4 Å². The first kappa shape index (κ1) is 42.2. The second-order valence-electron chi connectivity index (χ2n) is 13.8. The molecule has 2 aromatic rings. The molecule has 0 amide bonds. The van der Waals surface area contributed by atoms with Crippen molar-refractivity contribution < 1.29 is 25.3 Å². The molecule has 3 fully saturated rings. The van der Waals surface area contributed by atoms with Gasteiger partial charge >= 0.3 is 0 Å². The van der Waals surface area contributed by atoms with Crippen molar-refractivity contribution in [1.29, 1.82) is 0 Å². The van der Waals surface area contributed by atoms with Crippen LogP contribution in [0, 0.1) is 0 Å². The van der Waals surface area contributed by atoms with Gasteiger partial charge in [0.25, 0.3) is 0 Å². The Bertz CT molecular complexity index is 1630. The van der Waals surface area contributed by atoms with Gasteiger partial charge in [0.05, 0.1) is 17.3 Å². The summed E-state index contributed by atoms with van der Waals surface area (Å²) in [7, 11) is -7.26. The van der Waals surface area contributed by atoms with Crippen molar-refractivity contribution in [1.82, 2.24) is 27.7 Å². The van der Waals surface area contributed by atoms with Gasteiger partial charge in [0.2, 0.25) is 30.1 Å². The molecule has 0 atom stereocenters. The van der Waals surface area contributed by atoms with Gasteiger partial charge in [-0.15, -0.1) is 0 Å². The summed E-state index contributed by atoms with van der Waals surface area (Å²) in [6, 6.07) is 14.1. The minimum atomic E-state index is -3.11. The lowest BCUT2D eigenvalue weighted by Crippen LogP contribution is -2.39. The van der Waals surface area contributed by atoms with Gasteiger partial charge in [0.1, 0.15) is 0 Å². The van der Waals surface area contributed by atoms with Crippen molar-refractivity contribution in [2.45, 2.75) is 66.2 Å². The van der Waals surface area contributed by atoms with Gasteiger partial charge in [-0.3, -0.25) is 9.88 Å². The van der Waals surface area contributed by atoms with E-state index in [4.69, 9.17) is 0 Å². The maximum Gasteiger partial charge on any atom is 0.216 e. The Kier molecular flexibility index (Phi) is 16.1. The molecule has 5 rings (SSSR count). The summed E-state index contributed by atoms with van der Waals surface area (Å²) >= 11 is 0. The molecule has 3 saturated heterocycles. The van der Waals surface area contributed by atoms with Crippen LogP contribution in [0.5, 0.6) is 0 Å². The van der Waals surface area contributed by atoms with Crippen molar-refractivity contribution in [3.8, 4) is 0 Å². The number of rotatable bonds is 6. The third kappa shape index (κ3) is 12.8. The molecular weight excluding hydrogens is 699 g/mol. The van der Waals surface area contributed by atoms with Crippen LogP contribution in [0.25, 0.3) is 0 Å².